The van der Waals surface area contributed by atoms with Crippen LogP contribution >= 0.6 is 11.3 Å². The van der Waals surface area contributed by atoms with Gasteiger partial charge in [-0.1, -0.05) is 6.07 Å². The summed E-state index contributed by atoms with van der Waals surface area (Å²) in [5.41, 5.74) is 2.23. The Morgan fingerprint density at radius 2 is 2.29 bits per heavy atom. The second kappa shape index (κ2) is 9.07. The molecule has 0 aliphatic carbocycles. The minimum absolute atomic E-state index is 0.167. The number of methoxy groups -OCH3 is 1. The summed E-state index contributed by atoms with van der Waals surface area (Å²) in [6, 6.07) is 10.2. The third-order valence-electron chi connectivity index (χ3n) is 5.51. The van der Waals surface area contributed by atoms with Crippen molar-refractivity contribution >= 4 is 22.9 Å². The van der Waals surface area contributed by atoms with Crippen LogP contribution in [0.5, 0.6) is 5.75 Å². The standard InChI is InChI=1S/C22H28N2O3S/c1-26-18-8-9-21-17(13-18)5-2-10-24(21)22(25)16-23(14-19-6-3-11-27-19)15-20-7-4-12-28-20/h4,7-9,12-13,19H,2-3,5-6,10-11,14-16H2,1H3/t19-/m0/s1. The van der Waals surface area contributed by atoms with Crippen LogP contribution in [0.1, 0.15) is 29.7 Å². The van der Waals surface area contributed by atoms with Crippen molar-refractivity contribution in [3.8, 4) is 5.75 Å². The maximum Gasteiger partial charge on any atom is 0.241 e. The van der Waals surface area contributed by atoms with Gasteiger partial charge in [0.25, 0.3) is 0 Å². The molecule has 0 unspecified atom stereocenters. The summed E-state index contributed by atoms with van der Waals surface area (Å²) in [6.45, 7) is 3.65. The zero-order valence-electron chi connectivity index (χ0n) is 16.4. The summed E-state index contributed by atoms with van der Waals surface area (Å²) in [5, 5.41) is 2.09. The Morgan fingerprint density at radius 3 is 3.04 bits per heavy atom. The predicted octanol–water partition coefficient (Wildman–Crippen LogP) is 3.72. The summed E-state index contributed by atoms with van der Waals surface area (Å²) < 4.78 is 11.2. The molecule has 1 aromatic carbocycles. The third kappa shape index (κ3) is 4.57. The minimum Gasteiger partial charge on any atom is -0.497 e. The number of carbonyl (C=O) groups excluding carboxylic acids is 1. The number of rotatable bonds is 7. The largest absolute Gasteiger partial charge is 0.497 e. The number of amides is 1. The molecule has 150 valence electrons. The van der Waals surface area contributed by atoms with Gasteiger partial charge in [0.2, 0.25) is 5.91 Å². The van der Waals surface area contributed by atoms with Crippen molar-refractivity contribution in [1.29, 1.82) is 0 Å². The van der Waals surface area contributed by atoms with E-state index in [1.54, 1.807) is 18.4 Å². The Hall–Kier alpha value is -1.89. The molecule has 2 aliphatic heterocycles. The van der Waals surface area contributed by atoms with Crippen molar-refractivity contribution in [2.24, 2.45) is 0 Å². The lowest BCUT2D eigenvalue weighted by Gasteiger charge is -2.32. The van der Waals surface area contributed by atoms with Gasteiger partial charge in [0.05, 0.1) is 19.8 Å². The van der Waals surface area contributed by atoms with Gasteiger partial charge < -0.3 is 14.4 Å². The van der Waals surface area contributed by atoms with Crippen molar-refractivity contribution in [3.05, 3.63) is 46.2 Å². The summed E-state index contributed by atoms with van der Waals surface area (Å²) >= 11 is 1.74. The van der Waals surface area contributed by atoms with Crippen molar-refractivity contribution < 1.29 is 14.3 Å². The molecule has 5 nitrogen and oxygen atoms in total. The lowest BCUT2D eigenvalue weighted by atomic mass is 10.0. The second-order valence-corrected chi connectivity index (χ2v) is 8.56. The number of nitrogens with zero attached hydrogens (tertiary/aromatic N) is 2. The minimum atomic E-state index is 0.167. The molecule has 0 spiro atoms. The van der Waals surface area contributed by atoms with E-state index >= 15 is 0 Å². The lowest BCUT2D eigenvalue weighted by molar-refractivity contribution is -0.120. The van der Waals surface area contributed by atoms with Crippen molar-refractivity contribution in [2.45, 2.75) is 38.3 Å². The molecule has 6 heteroatoms. The van der Waals surface area contributed by atoms with E-state index in [-0.39, 0.29) is 12.0 Å². The molecule has 4 rings (SSSR count). The smallest absolute Gasteiger partial charge is 0.241 e. The predicted molar refractivity (Wildman–Crippen MR) is 112 cm³/mol. The van der Waals surface area contributed by atoms with E-state index in [0.29, 0.717) is 6.54 Å². The number of anilines is 1. The Bertz CT molecular complexity index is 787. The van der Waals surface area contributed by atoms with Gasteiger partial charge in [-0.2, -0.15) is 0 Å². The fourth-order valence-electron chi connectivity index (χ4n) is 4.12. The molecule has 1 atom stereocenters. The maximum absolute atomic E-state index is 13.2. The Balaban J connectivity index is 1.47. The highest BCUT2D eigenvalue weighted by Gasteiger charge is 2.26. The van der Waals surface area contributed by atoms with E-state index in [2.05, 4.69) is 28.5 Å². The third-order valence-corrected chi connectivity index (χ3v) is 6.37. The zero-order chi connectivity index (χ0) is 19.3. The molecule has 0 saturated carbocycles. The van der Waals surface area contributed by atoms with Crippen LogP contribution in [0.4, 0.5) is 5.69 Å². The Labute approximate surface area is 170 Å². The molecule has 1 aromatic heterocycles. The zero-order valence-corrected chi connectivity index (χ0v) is 17.2. The van der Waals surface area contributed by atoms with Gasteiger partial charge in [0, 0.05) is 36.8 Å². The van der Waals surface area contributed by atoms with Gasteiger partial charge in [0.1, 0.15) is 5.75 Å². The normalized spacial score (nSPS) is 19.1. The van der Waals surface area contributed by atoms with Crippen molar-refractivity contribution in [1.82, 2.24) is 4.90 Å². The first-order valence-electron chi connectivity index (χ1n) is 10.1. The van der Waals surface area contributed by atoms with Crippen LogP contribution in [0.25, 0.3) is 0 Å². The molecule has 0 bridgehead atoms. The number of carbonyl (C=O) groups is 1. The van der Waals surface area contributed by atoms with E-state index in [1.807, 2.05) is 17.0 Å². The van der Waals surface area contributed by atoms with E-state index < -0.39 is 0 Å². The van der Waals surface area contributed by atoms with Gasteiger partial charge in [-0.05, 0) is 60.9 Å². The summed E-state index contributed by atoms with van der Waals surface area (Å²) in [4.78, 5) is 18.7. The van der Waals surface area contributed by atoms with Crippen LogP contribution in [0.3, 0.4) is 0 Å². The Morgan fingerprint density at radius 1 is 1.36 bits per heavy atom. The molecule has 0 radical (unpaired) electrons. The van der Waals surface area contributed by atoms with Gasteiger partial charge >= 0.3 is 0 Å². The first kappa shape index (κ1) is 19.4. The van der Waals surface area contributed by atoms with Gasteiger partial charge in [-0.25, -0.2) is 0 Å². The molecule has 3 heterocycles. The van der Waals surface area contributed by atoms with Crippen molar-refractivity contribution in [2.75, 3.05) is 38.3 Å². The fourth-order valence-corrected chi connectivity index (χ4v) is 4.87. The van der Waals surface area contributed by atoms with E-state index in [1.165, 1.54) is 10.4 Å². The topological polar surface area (TPSA) is 42.0 Å². The molecular formula is C22H28N2O3S. The van der Waals surface area contributed by atoms with Crippen LogP contribution in [0.15, 0.2) is 35.7 Å². The number of fused-ring (bicyclic) bond motifs is 1. The van der Waals surface area contributed by atoms with Gasteiger partial charge in [-0.15, -0.1) is 11.3 Å². The Kier molecular flexibility index (Phi) is 6.29. The molecule has 28 heavy (non-hydrogen) atoms. The van der Waals surface area contributed by atoms with Gasteiger partial charge in [-0.3, -0.25) is 9.69 Å². The molecule has 1 fully saturated rings. The highest BCUT2D eigenvalue weighted by molar-refractivity contribution is 7.09. The molecule has 0 N–H and O–H groups in total. The highest BCUT2D eigenvalue weighted by Crippen LogP contribution is 2.31. The average Bonchev–Trinajstić information content (AvgIpc) is 3.41. The van der Waals surface area contributed by atoms with Crippen LogP contribution in [-0.4, -0.2) is 50.3 Å². The first-order chi connectivity index (χ1) is 13.7. The van der Waals surface area contributed by atoms with E-state index in [9.17, 15) is 4.79 Å². The van der Waals surface area contributed by atoms with Crippen LogP contribution < -0.4 is 9.64 Å². The molecular weight excluding hydrogens is 372 g/mol. The van der Waals surface area contributed by atoms with Crippen LogP contribution in [-0.2, 0) is 22.5 Å². The molecule has 2 aliphatic rings. The van der Waals surface area contributed by atoms with Crippen LogP contribution in [0.2, 0.25) is 0 Å². The molecule has 2 aromatic rings. The van der Waals surface area contributed by atoms with Crippen LogP contribution in [0, 0.1) is 0 Å². The lowest BCUT2D eigenvalue weighted by Crippen LogP contribution is -2.44. The number of thiophene rings is 1. The number of ether oxygens (including phenoxy) is 2. The van der Waals surface area contributed by atoms with Crippen molar-refractivity contribution in [3.63, 3.8) is 0 Å². The van der Waals surface area contributed by atoms with E-state index in [4.69, 9.17) is 9.47 Å². The molecule has 1 saturated heterocycles. The highest BCUT2D eigenvalue weighted by atomic mass is 32.1. The van der Waals surface area contributed by atoms with E-state index in [0.717, 1.165) is 63.4 Å². The molecule has 1 amide bonds. The average molecular weight is 401 g/mol. The summed E-state index contributed by atoms with van der Waals surface area (Å²) in [7, 11) is 1.68. The SMILES string of the molecule is COc1ccc2c(c1)CCCN2C(=O)CN(Cc1cccs1)C[C@@H]1CCCO1. The maximum atomic E-state index is 13.2. The second-order valence-electron chi connectivity index (χ2n) is 7.53. The summed E-state index contributed by atoms with van der Waals surface area (Å²) in [5.74, 6) is 1.02. The quantitative estimate of drug-likeness (QED) is 0.710. The fraction of sp³-hybridized carbons (Fsp3) is 0.500. The van der Waals surface area contributed by atoms with Gasteiger partial charge in [0.15, 0.2) is 0 Å². The number of aryl methyl sites for hydroxylation is 1. The number of benzene rings is 1. The number of hydrogen-bond acceptors (Lipinski definition) is 5. The first-order valence-corrected chi connectivity index (χ1v) is 10.9. The monoisotopic (exact) mass is 400 g/mol. The number of hydrogen-bond donors (Lipinski definition) is 0. The summed E-state index contributed by atoms with van der Waals surface area (Å²) in [6.07, 6.45) is 4.42.